The van der Waals surface area contributed by atoms with Crippen molar-refractivity contribution in [1.82, 2.24) is 40.1 Å². The number of likely N-dealkylation sites (tertiary alicyclic amines) is 3. The molecule has 4 saturated heterocycles. The number of halogens is 2. The van der Waals surface area contributed by atoms with Crippen molar-refractivity contribution in [2.24, 2.45) is 17.6 Å². The van der Waals surface area contributed by atoms with Crippen molar-refractivity contribution in [3.05, 3.63) is 142 Å². The Morgan fingerprint density at radius 3 is 1.80 bits per heavy atom. The van der Waals surface area contributed by atoms with Crippen molar-refractivity contribution >= 4 is 83.2 Å². The zero-order valence-corrected chi connectivity index (χ0v) is 62.6. The van der Waals surface area contributed by atoms with Crippen LogP contribution in [0, 0.1) is 17.7 Å². The van der Waals surface area contributed by atoms with Crippen molar-refractivity contribution in [3.8, 4) is 0 Å². The van der Waals surface area contributed by atoms with Gasteiger partial charge >= 0.3 is 11.9 Å². The molecule has 580 valence electrons. The summed E-state index contributed by atoms with van der Waals surface area (Å²) >= 11 is 1.39. The number of benzene rings is 4. The van der Waals surface area contributed by atoms with Crippen molar-refractivity contribution in [2.45, 2.75) is 201 Å². The summed E-state index contributed by atoms with van der Waals surface area (Å²) in [4.78, 5) is 135. The van der Waals surface area contributed by atoms with Crippen molar-refractivity contribution < 1.29 is 71.9 Å². The van der Waals surface area contributed by atoms with E-state index in [0.717, 1.165) is 107 Å². The third-order valence-corrected chi connectivity index (χ3v) is 23.2. The fraction of sp³-hybridized carbons (Fsp3) is 0.550. The van der Waals surface area contributed by atoms with Crippen LogP contribution in [-0.4, -0.2) is 228 Å². The number of aliphatic carboxylic acids is 1. The van der Waals surface area contributed by atoms with Crippen LogP contribution in [0.2, 0.25) is 0 Å². The van der Waals surface area contributed by atoms with E-state index in [-0.39, 0.29) is 78.0 Å². The molecule has 2 aliphatic carbocycles. The average Bonchev–Trinajstić information content (AvgIpc) is 1.57. The summed E-state index contributed by atoms with van der Waals surface area (Å²) in [6, 6.07) is 26.2. The monoisotopic (exact) mass is 1500 g/mol. The highest BCUT2D eigenvalue weighted by atomic mass is 32.2. The van der Waals surface area contributed by atoms with Crippen molar-refractivity contribution in [1.29, 1.82) is 0 Å². The normalized spacial score (nSPS) is 23.1. The van der Waals surface area contributed by atoms with E-state index in [0.29, 0.717) is 105 Å². The van der Waals surface area contributed by atoms with Gasteiger partial charge in [0.05, 0.1) is 82.0 Å². The van der Waals surface area contributed by atoms with Gasteiger partial charge < -0.3 is 59.0 Å². The second kappa shape index (κ2) is 40.9. The molecule has 107 heavy (non-hydrogen) atoms. The molecule has 7 N–H and O–H groups in total. The predicted molar refractivity (Wildman–Crippen MR) is 404 cm³/mol. The summed E-state index contributed by atoms with van der Waals surface area (Å²) in [5.41, 5.74) is 9.49. The first kappa shape index (κ1) is 82.9. The third-order valence-electron chi connectivity index (χ3n) is 22.0. The number of nitrogens with one attached hydrogen (secondary N) is 3. The van der Waals surface area contributed by atoms with Gasteiger partial charge in [0.15, 0.2) is 11.7 Å². The van der Waals surface area contributed by atoms with Crippen LogP contribution in [0.4, 0.5) is 14.5 Å². The number of aryl methyl sites for hydroxylation is 3. The van der Waals surface area contributed by atoms with E-state index >= 15 is 4.39 Å². The number of rotatable bonds is 30. The summed E-state index contributed by atoms with van der Waals surface area (Å²) in [5, 5.41) is 27.7. The van der Waals surface area contributed by atoms with Crippen molar-refractivity contribution in [2.75, 3.05) is 76.9 Å². The van der Waals surface area contributed by atoms with E-state index < -0.39 is 66.2 Å². The second-order valence-corrected chi connectivity index (χ2v) is 30.1. The standard InChI is InChI=1S/C23H32N2O4.C21H30N2O4.C18H19F2N3O2S.C18H25N3O4/c1-3-29-23(28)20(13-12-17-8-5-4-6-9-17)24-16(2)22(27)25-19(15-26)14-18-10-7-11-21(18)25;1-15(22-18(13-24)11-10-16-6-3-2-4-7-16)21(25)23-19(14-27-26)12-17-8-5-9-20(17)23;1-21-2-4-22(5-3-21)16-14(20)6-13-15-18(16)26-10-12(7-19)23(15)8-11(9-24)17(13)25;19-11-16(17(23)21-10-4-7-14(21)12-22)20-15(18(24)25)9-8-13-5-2-1-3-6-13/h4-6,8-9,15-16,18-21,24H,3,7,10-14H2,1-2H3;2-4,6-7,13,15,17-20,22,26H,5,8-12,14H2,1H3;6,8-9,12H,2-5,7,10H2,1H3;1-3,5-6,12,14-16,20H,4,7-11,19H2,(H,24,25)/t16-,18?,19?,20?,21?;15-,17?,18+,19?,20?;;/m11../s1. The quantitative estimate of drug-likeness (QED) is 0.0113. The zero-order valence-electron chi connectivity index (χ0n) is 61.8. The Morgan fingerprint density at radius 1 is 0.682 bits per heavy atom. The van der Waals surface area contributed by atoms with E-state index in [4.69, 9.17) is 15.7 Å². The van der Waals surface area contributed by atoms with Gasteiger partial charge in [0.2, 0.25) is 17.7 Å². The minimum Gasteiger partial charge on any atom is -0.480 e. The number of carboxylic acids is 1. The summed E-state index contributed by atoms with van der Waals surface area (Å²) in [6.45, 7) is 8.73. The number of ether oxygens (including phenoxy) is 1. The van der Waals surface area contributed by atoms with Crippen LogP contribution in [0.15, 0.2) is 113 Å². The number of amides is 3. The van der Waals surface area contributed by atoms with E-state index in [2.05, 4.69) is 25.7 Å². The van der Waals surface area contributed by atoms with Gasteiger partial charge in [0, 0.05) is 63.3 Å². The van der Waals surface area contributed by atoms with Crippen LogP contribution in [0.5, 0.6) is 0 Å². The number of esters is 1. The molecule has 5 aliphatic heterocycles. The zero-order chi connectivity index (χ0) is 76.7. The highest BCUT2D eigenvalue weighted by Crippen LogP contribution is 2.45. The van der Waals surface area contributed by atoms with E-state index in [1.165, 1.54) is 34.5 Å². The molecule has 4 aromatic carbocycles. The van der Waals surface area contributed by atoms with Gasteiger partial charge in [-0.3, -0.25) is 54.8 Å². The van der Waals surface area contributed by atoms with Crippen LogP contribution in [0.25, 0.3) is 10.9 Å². The van der Waals surface area contributed by atoms with Crippen LogP contribution in [-0.2, 0) is 67.2 Å². The number of pyridine rings is 1. The molecule has 6 fully saturated rings. The number of thioether (sulfide) groups is 1. The smallest absolute Gasteiger partial charge is 0.323 e. The number of fused-ring (bicyclic) bond motifs is 2. The Balaban J connectivity index is 0.000000165. The molecule has 3 amide bonds. The lowest BCUT2D eigenvalue weighted by atomic mass is 10.0. The fourth-order valence-electron chi connectivity index (χ4n) is 16.4. The maximum atomic E-state index is 15.0. The molecule has 0 radical (unpaired) electrons. The first-order valence-corrected chi connectivity index (χ1v) is 38.8. The topological polar surface area (TPSA) is 313 Å². The van der Waals surface area contributed by atoms with Crippen LogP contribution < -0.4 is 32.0 Å². The Kier molecular flexibility index (Phi) is 31.7. The number of nitrogens with two attached hydrogens (primary N) is 1. The molecule has 5 aromatic rings. The van der Waals surface area contributed by atoms with E-state index in [9.17, 15) is 57.4 Å². The number of anilines is 1. The number of likely N-dealkylation sites (N-methyl/N-ethyl adjacent to an activating group) is 1. The SMILES string of the molecule is CCOC(=O)C(CCc1ccccc1)N[C@H](C)C(=O)N1C(C=O)CC2CCCC21.CN1CCN(c2c(F)cc3c(=O)c(C=O)cn4c3c2SCC4CF)CC1.C[C@@H](N[C@H](C=O)CCc1ccccc1)C(=O)N1C(COO)CC2CCCC21.NCC(NC(CCc1ccccc1)C(=O)O)C(=O)N1CCCC1C=O. The summed E-state index contributed by atoms with van der Waals surface area (Å²) in [7, 11) is 2.03. The molecule has 24 nitrogen and oxygen atoms in total. The number of hydrogen-bond acceptors (Lipinski definition) is 20. The van der Waals surface area contributed by atoms with Gasteiger partial charge in [-0.15, -0.1) is 11.8 Å². The van der Waals surface area contributed by atoms with Crippen LogP contribution in [0.1, 0.15) is 137 Å². The number of aldehydes is 4. The molecule has 14 atom stereocenters. The summed E-state index contributed by atoms with van der Waals surface area (Å²) < 4.78 is 35.4. The lowest BCUT2D eigenvalue weighted by Gasteiger charge is -2.37. The number of piperazine rings is 1. The van der Waals surface area contributed by atoms with E-state index in [1.807, 2.05) is 115 Å². The molecular formula is C80H106F2N10O14S. The van der Waals surface area contributed by atoms with Gasteiger partial charge in [0.1, 0.15) is 50.0 Å². The van der Waals surface area contributed by atoms with Gasteiger partial charge in [-0.05, 0) is 152 Å². The first-order valence-electron chi connectivity index (χ1n) is 37.8. The van der Waals surface area contributed by atoms with Crippen LogP contribution >= 0.6 is 11.8 Å². The average molecular weight is 1500 g/mol. The lowest BCUT2D eigenvalue weighted by molar-refractivity contribution is -0.250. The number of carbonyl (C=O) groups is 9. The Hall–Kier alpha value is -8.15. The maximum absolute atomic E-state index is 15.0. The van der Waals surface area contributed by atoms with Gasteiger partial charge in [-0.1, -0.05) is 104 Å². The highest BCUT2D eigenvalue weighted by Gasteiger charge is 2.49. The molecule has 0 bridgehead atoms. The highest BCUT2D eigenvalue weighted by molar-refractivity contribution is 7.99. The fourth-order valence-corrected chi connectivity index (χ4v) is 17.7. The number of nitrogens with zero attached hydrogens (tertiary/aromatic N) is 6. The minimum absolute atomic E-state index is 0.00184. The molecule has 6 heterocycles. The molecule has 12 rings (SSSR count). The third kappa shape index (κ3) is 21.2. The number of hydrogen-bond donors (Lipinski definition) is 6. The lowest BCUT2D eigenvalue weighted by Crippen LogP contribution is -2.56. The first-order chi connectivity index (χ1) is 51.8. The number of carboxylic acid groups (broad SMARTS) is 1. The molecule has 7 aliphatic rings. The van der Waals surface area contributed by atoms with Crippen molar-refractivity contribution in [3.63, 3.8) is 0 Å². The van der Waals surface area contributed by atoms with Crippen LogP contribution in [0.3, 0.4) is 0 Å². The summed E-state index contributed by atoms with van der Waals surface area (Å²) in [5.74, 6) is -0.849. The number of alkyl halides is 1. The Labute approximate surface area is 629 Å². The summed E-state index contributed by atoms with van der Waals surface area (Å²) in [6.07, 6.45) is 17.5. The molecule has 0 spiro atoms. The largest absolute Gasteiger partial charge is 0.480 e. The van der Waals surface area contributed by atoms with Gasteiger partial charge in [-0.2, -0.15) is 0 Å². The van der Waals surface area contributed by atoms with E-state index in [1.54, 1.807) is 23.3 Å². The maximum Gasteiger partial charge on any atom is 0.323 e. The number of aromatic nitrogens is 1. The number of carbonyl (C=O) groups excluding carboxylic acids is 8. The Bertz CT molecular complexity index is 3840. The Morgan fingerprint density at radius 2 is 1.25 bits per heavy atom. The molecular weight excluding hydrogens is 1390 g/mol. The van der Waals surface area contributed by atoms with Gasteiger partial charge in [-0.25, -0.2) is 13.7 Å². The minimum atomic E-state index is -1.02. The molecule has 2 saturated carbocycles. The molecule has 1 aromatic heterocycles. The molecule has 27 heteroatoms. The predicted octanol–water partition coefficient (Wildman–Crippen LogP) is 7.42. The molecule has 11 unspecified atom stereocenters. The van der Waals surface area contributed by atoms with Gasteiger partial charge in [0.25, 0.3) is 0 Å². The second-order valence-electron chi connectivity index (χ2n) is 29.0.